The maximum absolute atomic E-state index is 13.6. The van der Waals surface area contributed by atoms with Gasteiger partial charge in [0.1, 0.15) is 11.8 Å². The second-order valence-corrected chi connectivity index (χ2v) is 12.0. The first-order valence-corrected chi connectivity index (χ1v) is 15.0. The molecule has 0 heterocycles. The van der Waals surface area contributed by atoms with Crippen molar-refractivity contribution in [1.82, 2.24) is 10.2 Å². The number of hydrogen-bond donors (Lipinski definition) is 3. The van der Waals surface area contributed by atoms with Gasteiger partial charge in [0.15, 0.2) is 0 Å². The van der Waals surface area contributed by atoms with E-state index in [2.05, 4.69) is 35.6 Å². The molecule has 0 aliphatic heterocycles. The molecule has 5 rings (SSSR count). The Morgan fingerprint density at radius 2 is 1.57 bits per heavy atom. The summed E-state index contributed by atoms with van der Waals surface area (Å²) in [5, 5.41) is 25.3. The molecule has 2 unspecified atom stereocenters. The first kappa shape index (κ1) is 30.8. The minimum atomic E-state index is -2.48. The molecule has 2 amide bonds. The minimum Gasteiger partial charge on any atom is -0.478 e. The lowest BCUT2D eigenvalue weighted by Gasteiger charge is -2.35. The van der Waals surface area contributed by atoms with Gasteiger partial charge in [0.2, 0.25) is 5.72 Å². The van der Waals surface area contributed by atoms with Crippen molar-refractivity contribution in [3.05, 3.63) is 102 Å². The molecule has 3 N–H and O–H groups in total. The fraction of sp³-hybridized carbons (Fsp3) is 0.306. The number of rotatable bonds is 10. The number of carbonyl (C=O) groups excluding carboxylic acids is 2. The zero-order valence-electron chi connectivity index (χ0n) is 25.2. The van der Waals surface area contributed by atoms with E-state index >= 15 is 0 Å². The highest BCUT2D eigenvalue weighted by molar-refractivity contribution is 5.89. The smallest absolute Gasteiger partial charge is 0.357 e. The Morgan fingerprint density at radius 3 is 2.27 bits per heavy atom. The summed E-state index contributed by atoms with van der Waals surface area (Å²) in [6.07, 6.45) is 3.06. The summed E-state index contributed by atoms with van der Waals surface area (Å²) < 4.78 is 5.75. The summed E-state index contributed by atoms with van der Waals surface area (Å²) in [5.41, 5.74) is 2.72. The fourth-order valence-corrected chi connectivity index (χ4v) is 5.60. The van der Waals surface area contributed by atoms with E-state index in [0.29, 0.717) is 5.75 Å². The van der Waals surface area contributed by atoms with E-state index in [-0.39, 0.29) is 18.9 Å². The molecule has 1 aliphatic rings. The predicted molar refractivity (Wildman–Crippen MR) is 169 cm³/mol. The number of esters is 1. The molecule has 0 radical (unpaired) electrons. The molecule has 4 aromatic rings. The van der Waals surface area contributed by atoms with Gasteiger partial charge >= 0.3 is 18.0 Å². The summed E-state index contributed by atoms with van der Waals surface area (Å²) in [7, 11) is 0. The van der Waals surface area contributed by atoms with E-state index in [9.17, 15) is 24.6 Å². The molecular weight excluding hydrogens is 556 g/mol. The van der Waals surface area contributed by atoms with Crippen LogP contribution in [0.5, 0.6) is 5.75 Å². The van der Waals surface area contributed by atoms with Gasteiger partial charge < -0.3 is 20.3 Å². The number of urea groups is 1. The van der Waals surface area contributed by atoms with Crippen molar-refractivity contribution in [3.8, 4) is 16.9 Å². The van der Waals surface area contributed by atoms with E-state index in [0.717, 1.165) is 64.1 Å². The van der Waals surface area contributed by atoms with Gasteiger partial charge in [-0.25, -0.2) is 14.4 Å². The minimum absolute atomic E-state index is 0.0435. The number of carbonyl (C=O) groups is 3. The van der Waals surface area contributed by atoms with Gasteiger partial charge in [-0.05, 0) is 88.9 Å². The monoisotopic (exact) mass is 594 g/mol. The van der Waals surface area contributed by atoms with Gasteiger partial charge in [-0.15, -0.1) is 0 Å². The highest BCUT2D eigenvalue weighted by atomic mass is 16.5. The first-order chi connectivity index (χ1) is 21.0. The molecule has 0 spiro atoms. The number of carboxylic acid groups (broad SMARTS) is 1. The van der Waals surface area contributed by atoms with Crippen molar-refractivity contribution in [3.63, 3.8) is 0 Å². The number of benzene rings is 4. The van der Waals surface area contributed by atoms with Crippen LogP contribution >= 0.6 is 0 Å². The van der Waals surface area contributed by atoms with Crippen molar-refractivity contribution < 1.29 is 29.3 Å². The largest absolute Gasteiger partial charge is 0.478 e. The normalized spacial score (nSPS) is 14.5. The SMILES string of the molecule is CC(C)CN(C(=O)NC(Cc1ccc(-c2ccc3ccccc3c2)cc1)C(=O)Oc1ccc2c(c1)CCC2)C(C)(O)C(=O)O. The average molecular weight is 595 g/mol. The van der Waals surface area contributed by atoms with Gasteiger partial charge in [-0.1, -0.05) is 80.6 Å². The maximum Gasteiger partial charge on any atom is 0.357 e. The predicted octanol–water partition coefficient (Wildman–Crippen LogP) is 5.97. The second kappa shape index (κ2) is 12.9. The van der Waals surface area contributed by atoms with Gasteiger partial charge in [-0.2, -0.15) is 0 Å². The molecule has 8 heteroatoms. The lowest BCUT2D eigenvalue weighted by molar-refractivity contribution is -0.173. The van der Waals surface area contributed by atoms with Gasteiger partial charge in [0, 0.05) is 13.0 Å². The maximum atomic E-state index is 13.6. The van der Waals surface area contributed by atoms with Crippen LogP contribution < -0.4 is 10.1 Å². The first-order valence-electron chi connectivity index (χ1n) is 15.0. The molecule has 0 saturated heterocycles. The van der Waals surface area contributed by atoms with Crippen molar-refractivity contribution in [2.24, 2.45) is 5.92 Å². The molecule has 0 fully saturated rings. The summed E-state index contributed by atoms with van der Waals surface area (Å²) >= 11 is 0. The molecule has 8 nitrogen and oxygen atoms in total. The quantitative estimate of drug-likeness (QED) is 0.118. The van der Waals surface area contributed by atoms with Crippen LogP contribution in [0.2, 0.25) is 0 Å². The third-order valence-electron chi connectivity index (χ3n) is 8.07. The van der Waals surface area contributed by atoms with Crippen LogP contribution in [0.3, 0.4) is 0 Å². The average Bonchev–Trinajstić information content (AvgIpc) is 3.47. The van der Waals surface area contributed by atoms with Gasteiger partial charge in [0.25, 0.3) is 0 Å². The number of nitrogens with one attached hydrogen (secondary N) is 1. The lowest BCUT2D eigenvalue weighted by Crippen LogP contribution is -2.61. The van der Waals surface area contributed by atoms with E-state index < -0.39 is 29.7 Å². The molecule has 0 aromatic heterocycles. The van der Waals surface area contributed by atoms with Crippen LogP contribution in [-0.4, -0.2) is 51.4 Å². The zero-order chi connectivity index (χ0) is 31.4. The van der Waals surface area contributed by atoms with Gasteiger partial charge in [0.05, 0.1) is 0 Å². The Hall–Kier alpha value is -4.69. The molecule has 0 saturated carbocycles. The second-order valence-electron chi connectivity index (χ2n) is 12.0. The lowest BCUT2D eigenvalue weighted by atomic mass is 9.98. The Labute approximate surface area is 257 Å². The van der Waals surface area contributed by atoms with Crippen LogP contribution in [0.1, 0.15) is 43.9 Å². The topological polar surface area (TPSA) is 116 Å². The number of amides is 2. The summed E-state index contributed by atoms with van der Waals surface area (Å²) in [6.45, 7) is 4.60. The van der Waals surface area contributed by atoms with Crippen LogP contribution in [-0.2, 0) is 28.9 Å². The third kappa shape index (κ3) is 6.92. The number of aliphatic carboxylic acids is 1. The van der Waals surface area contributed by atoms with Gasteiger partial charge in [-0.3, -0.25) is 4.90 Å². The summed E-state index contributed by atoms with van der Waals surface area (Å²) in [6, 6.07) is 25.7. The molecular formula is C36H38N2O6. The van der Waals surface area contributed by atoms with E-state index in [1.54, 1.807) is 19.9 Å². The van der Waals surface area contributed by atoms with Crippen LogP contribution in [0, 0.1) is 5.92 Å². The van der Waals surface area contributed by atoms with E-state index in [1.807, 2.05) is 48.5 Å². The van der Waals surface area contributed by atoms with Crippen LogP contribution in [0.15, 0.2) is 84.9 Å². The highest BCUT2D eigenvalue weighted by Gasteiger charge is 2.42. The van der Waals surface area contributed by atoms with Crippen molar-refractivity contribution in [2.45, 2.75) is 58.2 Å². The van der Waals surface area contributed by atoms with Crippen LogP contribution in [0.25, 0.3) is 21.9 Å². The van der Waals surface area contributed by atoms with Crippen molar-refractivity contribution >= 4 is 28.7 Å². The van der Waals surface area contributed by atoms with E-state index in [1.165, 1.54) is 5.56 Å². The molecule has 0 bridgehead atoms. The van der Waals surface area contributed by atoms with E-state index in [4.69, 9.17) is 4.74 Å². The summed E-state index contributed by atoms with van der Waals surface area (Å²) in [4.78, 5) is 39.7. The summed E-state index contributed by atoms with van der Waals surface area (Å²) in [5.74, 6) is -2.02. The van der Waals surface area contributed by atoms with Crippen molar-refractivity contribution in [2.75, 3.05) is 6.54 Å². The standard InChI is InChI=1S/C36H38N2O6/c1-23(2)22-38(36(3,43)34(40)41)35(42)37-32(33(39)44-31-18-17-26-9-6-10-29(26)21-31)19-24-11-13-27(14-12-24)30-16-15-25-7-4-5-8-28(25)20-30/h4-5,7-8,11-18,20-21,23,32,43H,6,9-10,19,22H2,1-3H3,(H,37,42)(H,40,41). The molecule has 2 atom stereocenters. The van der Waals surface area contributed by atoms with Crippen LogP contribution in [0.4, 0.5) is 4.79 Å². The number of nitrogens with zero attached hydrogens (tertiary/aromatic N) is 1. The third-order valence-corrected chi connectivity index (χ3v) is 8.07. The number of fused-ring (bicyclic) bond motifs is 2. The molecule has 228 valence electrons. The molecule has 4 aromatic carbocycles. The molecule has 44 heavy (non-hydrogen) atoms. The number of aryl methyl sites for hydroxylation is 2. The fourth-order valence-electron chi connectivity index (χ4n) is 5.60. The Balaban J connectivity index is 1.39. The number of carboxylic acids is 1. The molecule has 1 aliphatic carbocycles. The Bertz CT molecular complexity index is 1680. The highest BCUT2D eigenvalue weighted by Crippen LogP contribution is 2.27. The number of hydrogen-bond acceptors (Lipinski definition) is 5. The van der Waals surface area contributed by atoms with Crippen molar-refractivity contribution in [1.29, 1.82) is 0 Å². The Kier molecular flexibility index (Phi) is 9.01. The Morgan fingerprint density at radius 1 is 0.886 bits per heavy atom. The number of aliphatic hydroxyl groups is 1. The number of ether oxygens (including phenoxy) is 1. The zero-order valence-corrected chi connectivity index (χ0v) is 25.2.